The Morgan fingerprint density at radius 2 is 2.23 bits per heavy atom. The van der Waals surface area contributed by atoms with Crippen LogP contribution in [0.2, 0.25) is 0 Å². The van der Waals surface area contributed by atoms with Crippen LogP contribution in [0.25, 0.3) is 0 Å². The maximum Gasteiger partial charge on any atom is 0.159 e. The molecule has 0 aromatic heterocycles. The molecule has 0 atom stereocenters. The van der Waals surface area contributed by atoms with E-state index < -0.39 is 0 Å². The van der Waals surface area contributed by atoms with E-state index in [4.69, 9.17) is 4.74 Å². The SMILES string of the molecule is CC1(C)CC(=O)C=C(OCCBr)C1. The van der Waals surface area contributed by atoms with Gasteiger partial charge in [0.2, 0.25) is 0 Å². The number of ether oxygens (including phenoxy) is 1. The van der Waals surface area contributed by atoms with Crippen LogP contribution in [0.3, 0.4) is 0 Å². The average Bonchev–Trinajstić information content (AvgIpc) is 1.97. The lowest BCUT2D eigenvalue weighted by atomic mass is 9.79. The van der Waals surface area contributed by atoms with Gasteiger partial charge >= 0.3 is 0 Å². The first-order chi connectivity index (χ1) is 6.03. The normalized spacial score (nSPS) is 21.2. The van der Waals surface area contributed by atoms with Gasteiger partial charge in [-0.1, -0.05) is 29.8 Å². The molecule has 0 unspecified atom stereocenters. The molecule has 0 spiro atoms. The molecule has 0 bridgehead atoms. The van der Waals surface area contributed by atoms with Crippen molar-refractivity contribution in [2.24, 2.45) is 5.41 Å². The van der Waals surface area contributed by atoms with Crippen LogP contribution in [0.15, 0.2) is 11.8 Å². The summed E-state index contributed by atoms with van der Waals surface area (Å²) >= 11 is 3.28. The molecule has 0 fully saturated rings. The molecule has 0 N–H and O–H groups in total. The van der Waals surface area contributed by atoms with Crippen LogP contribution in [0.1, 0.15) is 26.7 Å². The van der Waals surface area contributed by atoms with Gasteiger partial charge in [-0.25, -0.2) is 0 Å². The molecule has 1 aliphatic rings. The number of hydrogen-bond donors (Lipinski definition) is 0. The summed E-state index contributed by atoms with van der Waals surface area (Å²) in [6.45, 7) is 4.82. The van der Waals surface area contributed by atoms with Crippen LogP contribution in [-0.2, 0) is 9.53 Å². The van der Waals surface area contributed by atoms with E-state index in [2.05, 4.69) is 29.8 Å². The third kappa shape index (κ3) is 3.51. The van der Waals surface area contributed by atoms with E-state index in [0.29, 0.717) is 13.0 Å². The van der Waals surface area contributed by atoms with Crippen molar-refractivity contribution in [2.45, 2.75) is 26.7 Å². The van der Waals surface area contributed by atoms with Gasteiger partial charge in [0.25, 0.3) is 0 Å². The largest absolute Gasteiger partial charge is 0.497 e. The van der Waals surface area contributed by atoms with Gasteiger partial charge < -0.3 is 4.74 Å². The highest BCUT2D eigenvalue weighted by Gasteiger charge is 2.28. The highest BCUT2D eigenvalue weighted by molar-refractivity contribution is 9.09. The molecule has 0 heterocycles. The van der Waals surface area contributed by atoms with Crippen LogP contribution in [0.4, 0.5) is 0 Å². The number of carbonyl (C=O) groups is 1. The van der Waals surface area contributed by atoms with Crippen LogP contribution in [-0.4, -0.2) is 17.7 Å². The highest BCUT2D eigenvalue weighted by atomic mass is 79.9. The standard InChI is InChI=1S/C10H15BrO2/c1-10(2)6-8(12)5-9(7-10)13-4-3-11/h5H,3-4,6-7H2,1-2H3. The molecule has 1 rings (SSSR count). The van der Waals surface area contributed by atoms with E-state index in [1.165, 1.54) is 0 Å². The van der Waals surface area contributed by atoms with Gasteiger partial charge in [-0.05, 0) is 5.41 Å². The Kier molecular flexibility index (Phi) is 3.54. The third-order valence-electron chi connectivity index (χ3n) is 1.99. The average molecular weight is 247 g/mol. The summed E-state index contributed by atoms with van der Waals surface area (Å²) in [6.07, 6.45) is 3.13. The Hall–Kier alpha value is -0.310. The highest BCUT2D eigenvalue weighted by Crippen LogP contribution is 2.33. The smallest absolute Gasteiger partial charge is 0.159 e. The van der Waals surface area contributed by atoms with E-state index in [0.717, 1.165) is 17.5 Å². The molecule has 0 aromatic rings. The Bertz CT molecular complexity index is 231. The second-order valence-corrected chi connectivity index (χ2v) is 4.93. The zero-order valence-corrected chi connectivity index (χ0v) is 9.69. The fourth-order valence-corrected chi connectivity index (χ4v) is 1.71. The lowest BCUT2D eigenvalue weighted by Gasteiger charge is -2.28. The second-order valence-electron chi connectivity index (χ2n) is 4.13. The minimum absolute atomic E-state index is 0.0630. The summed E-state index contributed by atoms with van der Waals surface area (Å²) in [5.74, 6) is 1.02. The molecular weight excluding hydrogens is 232 g/mol. The van der Waals surface area contributed by atoms with Gasteiger partial charge in [0, 0.05) is 24.2 Å². The summed E-state index contributed by atoms with van der Waals surface area (Å²) in [5, 5.41) is 0.805. The van der Waals surface area contributed by atoms with Crippen LogP contribution in [0.5, 0.6) is 0 Å². The first kappa shape index (κ1) is 10.8. The van der Waals surface area contributed by atoms with Crippen molar-refractivity contribution >= 4 is 21.7 Å². The fourth-order valence-electron chi connectivity index (χ4n) is 1.55. The molecule has 13 heavy (non-hydrogen) atoms. The number of hydrogen-bond acceptors (Lipinski definition) is 2. The van der Waals surface area contributed by atoms with Crippen LogP contribution < -0.4 is 0 Å². The molecule has 0 aromatic carbocycles. The number of allylic oxidation sites excluding steroid dienone is 2. The number of rotatable bonds is 3. The molecule has 74 valence electrons. The molecule has 0 radical (unpaired) electrons. The number of halogens is 1. The van der Waals surface area contributed by atoms with E-state index in [1.54, 1.807) is 6.08 Å². The fraction of sp³-hybridized carbons (Fsp3) is 0.700. The van der Waals surface area contributed by atoms with Crippen LogP contribution in [0, 0.1) is 5.41 Å². The summed E-state index contributed by atoms with van der Waals surface area (Å²) < 4.78 is 5.43. The molecule has 0 saturated carbocycles. The Morgan fingerprint density at radius 1 is 1.54 bits per heavy atom. The Balaban J connectivity index is 2.59. The van der Waals surface area contributed by atoms with Gasteiger partial charge in [-0.2, -0.15) is 0 Å². The van der Waals surface area contributed by atoms with Crippen molar-refractivity contribution in [1.82, 2.24) is 0 Å². The van der Waals surface area contributed by atoms with E-state index in [9.17, 15) is 4.79 Å². The minimum Gasteiger partial charge on any atom is -0.497 e. The zero-order valence-electron chi connectivity index (χ0n) is 8.10. The van der Waals surface area contributed by atoms with Crippen molar-refractivity contribution < 1.29 is 9.53 Å². The predicted molar refractivity (Wildman–Crippen MR) is 55.9 cm³/mol. The van der Waals surface area contributed by atoms with E-state index in [-0.39, 0.29) is 11.2 Å². The first-order valence-corrected chi connectivity index (χ1v) is 5.58. The summed E-state index contributed by atoms with van der Waals surface area (Å²) in [4.78, 5) is 11.3. The van der Waals surface area contributed by atoms with E-state index >= 15 is 0 Å². The number of ketones is 1. The summed E-state index contributed by atoms with van der Waals surface area (Å²) in [5.41, 5.74) is 0.0630. The summed E-state index contributed by atoms with van der Waals surface area (Å²) in [7, 11) is 0. The van der Waals surface area contributed by atoms with Crippen molar-refractivity contribution in [1.29, 1.82) is 0 Å². The minimum atomic E-state index is 0.0630. The molecule has 0 aliphatic heterocycles. The quantitative estimate of drug-likeness (QED) is 0.716. The van der Waals surface area contributed by atoms with Crippen molar-refractivity contribution in [3.8, 4) is 0 Å². The van der Waals surface area contributed by atoms with E-state index in [1.807, 2.05) is 0 Å². The van der Waals surface area contributed by atoms with Crippen molar-refractivity contribution in [3.63, 3.8) is 0 Å². The van der Waals surface area contributed by atoms with Gasteiger partial charge in [-0.3, -0.25) is 4.79 Å². The maximum absolute atomic E-state index is 11.3. The zero-order chi connectivity index (χ0) is 9.90. The molecule has 1 aliphatic carbocycles. The molecule has 2 nitrogen and oxygen atoms in total. The Morgan fingerprint density at radius 3 is 2.77 bits per heavy atom. The van der Waals surface area contributed by atoms with Crippen LogP contribution >= 0.6 is 15.9 Å². The third-order valence-corrected chi connectivity index (χ3v) is 2.32. The van der Waals surface area contributed by atoms with Gasteiger partial charge in [0.1, 0.15) is 5.76 Å². The Labute approximate surface area is 87.5 Å². The lowest BCUT2D eigenvalue weighted by molar-refractivity contribution is -0.117. The number of carbonyl (C=O) groups excluding carboxylic acids is 1. The van der Waals surface area contributed by atoms with Crippen molar-refractivity contribution in [2.75, 3.05) is 11.9 Å². The molecule has 3 heteroatoms. The molecule has 0 amide bonds. The number of alkyl halides is 1. The molecular formula is C10H15BrO2. The monoisotopic (exact) mass is 246 g/mol. The summed E-state index contributed by atoms with van der Waals surface area (Å²) in [6, 6.07) is 0. The molecule has 0 saturated heterocycles. The first-order valence-electron chi connectivity index (χ1n) is 4.46. The van der Waals surface area contributed by atoms with Gasteiger partial charge in [-0.15, -0.1) is 0 Å². The van der Waals surface area contributed by atoms with Crippen molar-refractivity contribution in [3.05, 3.63) is 11.8 Å². The predicted octanol–water partition coefficient (Wildman–Crippen LogP) is 2.67. The van der Waals surface area contributed by atoms with Gasteiger partial charge in [0.15, 0.2) is 5.78 Å². The van der Waals surface area contributed by atoms with Gasteiger partial charge in [0.05, 0.1) is 6.61 Å². The lowest BCUT2D eigenvalue weighted by Crippen LogP contribution is -2.22. The topological polar surface area (TPSA) is 26.3 Å². The second kappa shape index (κ2) is 4.27. The maximum atomic E-state index is 11.3.